The van der Waals surface area contributed by atoms with Crippen molar-refractivity contribution in [3.63, 3.8) is 0 Å². The maximum atomic E-state index is 4.51. The second-order valence-electron chi connectivity index (χ2n) is 2.96. The largest absolute Gasteiger partial charge is 0.396 e. The van der Waals surface area contributed by atoms with Crippen LogP contribution >= 0.6 is 11.3 Å². The summed E-state index contributed by atoms with van der Waals surface area (Å²) in [7, 11) is 0. The lowest BCUT2D eigenvalue weighted by atomic mass is 10.4. The van der Waals surface area contributed by atoms with Gasteiger partial charge >= 0.3 is 0 Å². The summed E-state index contributed by atoms with van der Waals surface area (Å²) in [5, 5.41) is 6.38. The number of rotatable bonds is 1. The van der Waals surface area contributed by atoms with Crippen LogP contribution in [0.5, 0.6) is 0 Å². The topological polar surface area (TPSA) is 47.4 Å². The fraction of sp³-hybridized carbons (Fsp3) is 0.182. The zero-order chi connectivity index (χ0) is 11.1. The molecule has 82 valence electrons. The first-order valence-electron chi connectivity index (χ1n) is 4.91. The van der Waals surface area contributed by atoms with Gasteiger partial charge in [0.25, 0.3) is 0 Å². The molecule has 3 heterocycles. The average molecular weight is 233 g/mol. The van der Waals surface area contributed by atoms with Crippen LogP contribution < -0.4 is 0 Å². The van der Waals surface area contributed by atoms with Gasteiger partial charge in [0, 0.05) is 30.4 Å². The Morgan fingerprint density at radius 2 is 2.19 bits per heavy atom. The van der Waals surface area contributed by atoms with E-state index in [0.29, 0.717) is 0 Å². The van der Waals surface area contributed by atoms with Crippen LogP contribution in [0.1, 0.15) is 6.42 Å². The molecule has 0 atom stereocenters. The lowest BCUT2D eigenvalue weighted by Gasteiger charge is -1.90. The number of thiazole rings is 1. The molecule has 0 aliphatic carbocycles. The van der Waals surface area contributed by atoms with Crippen molar-refractivity contribution in [2.45, 2.75) is 6.42 Å². The number of aromatic nitrogens is 2. The standard InChI is InChI=1S/C8H6N2S.C3H5NO/c1-2-4-9-7(3-1)8-10-5-6-11-8;1-2-4-5-3-1/h1-6H;2H,1,3H2. The van der Waals surface area contributed by atoms with Gasteiger partial charge in [-0.3, -0.25) is 4.98 Å². The molecule has 0 fully saturated rings. The van der Waals surface area contributed by atoms with Gasteiger partial charge in [0.1, 0.15) is 11.6 Å². The molecule has 0 radical (unpaired) electrons. The molecule has 2 aromatic heterocycles. The summed E-state index contributed by atoms with van der Waals surface area (Å²) in [6.07, 6.45) is 6.31. The molecule has 0 saturated carbocycles. The predicted molar refractivity (Wildman–Crippen MR) is 64.4 cm³/mol. The molecule has 0 saturated heterocycles. The van der Waals surface area contributed by atoms with Gasteiger partial charge in [-0.1, -0.05) is 11.2 Å². The van der Waals surface area contributed by atoms with E-state index in [0.717, 1.165) is 23.7 Å². The summed E-state index contributed by atoms with van der Waals surface area (Å²) >= 11 is 1.60. The normalized spacial score (nSPS) is 12.8. The molecule has 0 unspecified atom stereocenters. The van der Waals surface area contributed by atoms with Crippen LogP contribution in [0.25, 0.3) is 10.7 Å². The first-order valence-corrected chi connectivity index (χ1v) is 5.79. The Bertz CT molecular complexity index is 422. The van der Waals surface area contributed by atoms with E-state index in [9.17, 15) is 0 Å². The van der Waals surface area contributed by atoms with Crippen molar-refractivity contribution in [3.05, 3.63) is 36.0 Å². The van der Waals surface area contributed by atoms with E-state index in [-0.39, 0.29) is 0 Å². The van der Waals surface area contributed by atoms with Crippen molar-refractivity contribution in [2.24, 2.45) is 5.16 Å². The Kier molecular flexibility index (Phi) is 4.01. The van der Waals surface area contributed by atoms with E-state index in [1.54, 1.807) is 29.9 Å². The third-order valence-corrected chi connectivity index (χ3v) is 2.60. The highest BCUT2D eigenvalue weighted by atomic mass is 32.1. The summed E-state index contributed by atoms with van der Waals surface area (Å²) in [5.74, 6) is 0. The molecular formula is C11H11N3OS. The highest BCUT2D eigenvalue weighted by molar-refractivity contribution is 7.13. The molecule has 1 aliphatic heterocycles. The molecule has 1 aliphatic rings. The van der Waals surface area contributed by atoms with Crippen LogP contribution in [0.15, 0.2) is 41.1 Å². The van der Waals surface area contributed by atoms with Gasteiger partial charge in [-0.25, -0.2) is 4.98 Å². The van der Waals surface area contributed by atoms with Gasteiger partial charge < -0.3 is 4.84 Å². The molecule has 2 aromatic rings. The van der Waals surface area contributed by atoms with Gasteiger partial charge in [0.2, 0.25) is 0 Å². The Labute approximate surface area is 97.6 Å². The van der Waals surface area contributed by atoms with E-state index < -0.39 is 0 Å². The van der Waals surface area contributed by atoms with E-state index in [4.69, 9.17) is 0 Å². The third kappa shape index (κ3) is 3.13. The Hall–Kier alpha value is -1.75. The van der Waals surface area contributed by atoms with Crippen molar-refractivity contribution in [2.75, 3.05) is 6.61 Å². The highest BCUT2D eigenvalue weighted by Crippen LogP contribution is 2.17. The van der Waals surface area contributed by atoms with E-state index in [2.05, 4.69) is 20.0 Å². The lowest BCUT2D eigenvalue weighted by molar-refractivity contribution is 0.174. The average Bonchev–Trinajstić information content (AvgIpc) is 3.07. The summed E-state index contributed by atoms with van der Waals surface area (Å²) in [6, 6.07) is 5.82. The van der Waals surface area contributed by atoms with Crippen molar-refractivity contribution in [1.29, 1.82) is 0 Å². The van der Waals surface area contributed by atoms with E-state index in [1.165, 1.54) is 0 Å². The molecule has 0 bridgehead atoms. The zero-order valence-corrected chi connectivity index (χ0v) is 9.43. The summed E-state index contributed by atoms with van der Waals surface area (Å²) < 4.78 is 0. The number of hydrogen-bond donors (Lipinski definition) is 0. The van der Waals surface area contributed by atoms with Crippen LogP contribution in [0.4, 0.5) is 0 Å². The predicted octanol–water partition coefficient (Wildman–Crippen LogP) is 2.60. The minimum atomic E-state index is 0.778. The summed E-state index contributed by atoms with van der Waals surface area (Å²) in [6.45, 7) is 0.778. The molecule has 0 aromatic carbocycles. The van der Waals surface area contributed by atoms with Crippen LogP contribution in [0.3, 0.4) is 0 Å². The molecule has 0 amide bonds. The minimum Gasteiger partial charge on any atom is -0.396 e. The quantitative estimate of drug-likeness (QED) is 0.760. The number of oxime groups is 1. The molecule has 5 heteroatoms. The maximum Gasteiger partial charge on any atom is 0.141 e. The first kappa shape index (κ1) is 10.8. The molecule has 4 nitrogen and oxygen atoms in total. The molecular weight excluding hydrogens is 222 g/mol. The smallest absolute Gasteiger partial charge is 0.141 e. The number of hydrogen-bond acceptors (Lipinski definition) is 5. The van der Waals surface area contributed by atoms with Crippen LogP contribution in [0, 0.1) is 0 Å². The van der Waals surface area contributed by atoms with Crippen molar-refractivity contribution in [3.8, 4) is 10.7 Å². The Morgan fingerprint density at radius 1 is 1.19 bits per heavy atom. The monoisotopic (exact) mass is 233 g/mol. The third-order valence-electron chi connectivity index (χ3n) is 1.80. The van der Waals surface area contributed by atoms with Crippen molar-refractivity contribution in [1.82, 2.24) is 9.97 Å². The molecule has 16 heavy (non-hydrogen) atoms. The molecule has 0 spiro atoms. The number of pyridine rings is 1. The Morgan fingerprint density at radius 3 is 2.69 bits per heavy atom. The zero-order valence-electron chi connectivity index (χ0n) is 8.61. The van der Waals surface area contributed by atoms with Crippen LogP contribution in [0.2, 0.25) is 0 Å². The van der Waals surface area contributed by atoms with E-state index >= 15 is 0 Å². The minimum absolute atomic E-state index is 0.778. The SMILES string of the molecule is C1=NOCC1.c1ccc(-c2nccs2)nc1. The lowest BCUT2D eigenvalue weighted by Crippen LogP contribution is -1.78. The second kappa shape index (κ2) is 5.97. The summed E-state index contributed by atoms with van der Waals surface area (Å²) in [5.41, 5.74) is 0.947. The fourth-order valence-corrected chi connectivity index (χ4v) is 1.72. The van der Waals surface area contributed by atoms with Gasteiger partial charge in [-0.15, -0.1) is 11.3 Å². The van der Waals surface area contributed by atoms with Crippen molar-refractivity contribution >= 4 is 17.6 Å². The van der Waals surface area contributed by atoms with Crippen LogP contribution in [-0.4, -0.2) is 22.8 Å². The number of nitrogens with zero attached hydrogens (tertiary/aromatic N) is 3. The fourth-order valence-electron chi connectivity index (χ4n) is 1.10. The maximum absolute atomic E-state index is 4.51. The van der Waals surface area contributed by atoms with Gasteiger partial charge in [0.05, 0.1) is 5.69 Å². The Balaban J connectivity index is 0.000000162. The molecule has 3 rings (SSSR count). The molecule has 0 N–H and O–H groups in total. The van der Waals surface area contributed by atoms with Crippen LogP contribution in [-0.2, 0) is 4.84 Å². The van der Waals surface area contributed by atoms with E-state index in [1.807, 2.05) is 23.6 Å². The highest BCUT2D eigenvalue weighted by Gasteiger charge is 1.97. The van der Waals surface area contributed by atoms with Gasteiger partial charge in [-0.05, 0) is 12.1 Å². The first-order chi connectivity index (χ1) is 7.97. The van der Waals surface area contributed by atoms with Crippen molar-refractivity contribution < 1.29 is 4.84 Å². The van der Waals surface area contributed by atoms with Gasteiger partial charge in [-0.2, -0.15) is 0 Å². The van der Waals surface area contributed by atoms with Gasteiger partial charge in [0.15, 0.2) is 0 Å². The summed E-state index contributed by atoms with van der Waals surface area (Å²) in [4.78, 5) is 12.8. The second-order valence-corrected chi connectivity index (χ2v) is 3.86.